The fourth-order valence-corrected chi connectivity index (χ4v) is 2.95. The number of allylic oxidation sites excluding steroid dienone is 3. The largest absolute Gasteiger partial charge is 0.415 e. The lowest BCUT2D eigenvalue weighted by atomic mass is 10.1. The van der Waals surface area contributed by atoms with E-state index in [1.165, 1.54) is 5.57 Å². The van der Waals surface area contributed by atoms with Crippen LogP contribution in [0.2, 0.25) is 19.6 Å². The van der Waals surface area contributed by atoms with Crippen molar-refractivity contribution in [2.75, 3.05) is 0 Å². The van der Waals surface area contributed by atoms with E-state index in [2.05, 4.69) is 44.8 Å². The average Bonchev–Trinajstić information content (AvgIpc) is 2.34. The van der Waals surface area contributed by atoms with Crippen molar-refractivity contribution in [1.29, 1.82) is 0 Å². The Hall–Kier alpha value is -0.343. The topological polar surface area (TPSA) is 9.23 Å². The van der Waals surface area contributed by atoms with Crippen molar-refractivity contribution in [3.05, 3.63) is 23.8 Å². The highest BCUT2D eigenvalue weighted by Gasteiger charge is 2.18. The molecule has 0 aliphatic heterocycles. The summed E-state index contributed by atoms with van der Waals surface area (Å²) in [6.07, 6.45) is 9.16. The van der Waals surface area contributed by atoms with E-state index in [-0.39, 0.29) is 0 Å². The Morgan fingerprint density at radius 2 is 2.15 bits per heavy atom. The Labute approximate surface area is 82.6 Å². The summed E-state index contributed by atoms with van der Waals surface area (Å²) >= 11 is 0. The van der Waals surface area contributed by atoms with E-state index >= 15 is 0 Å². The van der Waals surface area contributed by atoms with Gasteiger partial charge in [0.25, 0.3) is 0 Å². The van der Waals surface area contributed by atoms with E-state index in [1.54, 1.807) is 0 Å². The highest BCUT2D eigenvalue weighted by molar-refractivity contribution is 6.69. The molecule has 74 valence electrons. The van der Waals surface area contributed by atoms with Gasteiger partial charge in [-0.3, -0.25) is 0 Å². The summed E-state index contributed by atoms with van der Waals surface area (Å²) in [6, 6.07) is 0. The zero-order valence-corrected chi connectivity index (χ0v) is 10.1. The molecule has 1 unspecified atom stereocenters. The standard InChI is InChI=1S/C11H20OSi/c1-10(12-13(2,3)4)9-11-7-5-6-8-11/h5-7,10H,8-9H2,1-4H3. The molecule has 2 heteroatoms. The van der Waals surface area contributed by atoms with E-state index < -0.39 is 8.32 Å². The Kier molecular flexibility index (Phi) is 3.51. The molecule has 0 saturated heterocycles. The molecule has 1 nitrogen and oxygen atoms in total. The molecule has 1 atom stereocenters. The minimum atomic E-state index is -1.34. The summed E-state index contributed by atoms with van der Waals surface area (Å²) in [6.45, 7) is 8.90. The maximum absolute atomic E-state index is 5.97. The Morgan fingerprint density at radius 1 is 1.46 bits per heavy atom. The lowest BCUT2D eigenvalue weighted by Gasteiger charge is -2.23. The van der Waals surface area contributed by atoms with E-state index in [9.17, 15) is 0 Å². The van der Waals surface area contributed by atoms with Crippen molar-refractivity contribution in [3.8, 4) is 0 Å². The van der Waals surface area contributed by atoms with Crippen molar-refractivity contribution in [1.82, 2.24) is 0 Å². The van der Waals surface area contributed by atoms with Crippen LogP contribution in [0.5, 0.6) is 0 Å². The van der Waals surface area contributed by atoms with Gasteiger partial charge in [0.1, 0.15) is 0 Å². The third-order valence-corrected chi connectivity index (χ3v) is 3.06. The second kappa shape index (κ2) is 4.25. The second-order valence-corrected chi connectivity index (χ2v) is 9.16. The molecule has 13 heavy (non-hydrogen) atoms. The quantitative estimate of drug-likeness (QED) is 0.625. The van der Waals surface area contributed by atoms with Gasteiger partial charge in [-0.1, -0.05) is 23.8 Å². The summed E-state index contributed by atoms with van der Waals surface area (Å²) in [5.41, 5.74) is 1.51. The molecular weight excluding hydrogens is 176 g/mol. The summed E-state index contributed by atoms with van der Waals surface area (Å²) in [4.78, 5) is 0. The van der Waals surface area contributed by atoms with Crippen LogP contribution in [-0.2, 0) is 4.43 Å². The summed E-state index contributed by atoms with van der Waals surface area (Å²) in [7, 11) is -1.34. The van der Waals surface area contributed by atoms with Crippen LogP contribution in [-0.4, -0.2) is 14.4 Å². The van der Waals surface area contributed by atoms with E-state index in [1.807, 2.05) is 0 Å². The Morgan fingerprint density at radius 3 is 2.62 bits per heavy atom. The minimum Gasteiger partial charge on any atom is -0.415 e. The summed E-state index contributed by atoms with van der Waals surface area (Å²) in [5, 5.41) is 0. The molecule has 0 aromatic carbocycles. The first kappa shape index (κ1) is 10.7. The molecule has 1 aliphatic carbocycles. The molecule has 0 heterocycles. The van der Waals surface area contributed by atoms with Crippen LogP contribution in [0, 0.1) is 0 Å². The molecule has 0 aromatic heterocycles. The van der Waals surface area contributed by atoms with Crippen LogP contribution >= 0.6 is 0 Å². The fourth-order valence-electron chi connectivity index (χ4n) is 1.66. The van der Waals surface area contributed by atoms with Crippen LogP contribution in [0.1, 0.15) is 19.8 Å². The Bertz CT molecular complexity index is 223. The molecular formula is C11H20OSi. The van der Waals surface area contributed by atoms with Gasteiger partial charge in [-0.15, -0.1) is 0 Å². The van der Waals surface area contributed by atoms with Crippen LogP contribution in [0.4, 0.5) is 0 Å². The number of hydrogen-bond donors (Lipinski definition) is 0. The highest BCUT2D eigenvalue weighted by atomic mass is 28.4. The van der Waals surface area contributed by atoms with Crippen molar-refractivity contribution >= 4 is 8.32 Å². The van der Waals surface area contributed by atoms with Gasteiger partial charge in [0.15, 0.2) is 8.32 Å². The molecule has 0 amide bonds. The third-order valence-electron chi connectivity index (χ3n) is 1.95. The summed E-state index contributed by atoms with van der Waals surface area (Å²) in [5.74, 6) is 0. The molecule has 0 aromatic rings. The average molecular weight is 196 g/mol. The normalized spacial score (nSPS) is 18.9. The Balaban J connectivity index is 2.29. The minimum absolute atomic E-state index is 0.387. The van der Waals surface area contributed by atoms with E-state index in [4.69, 9.17) is 4.43 Å². The lowest BCUT2D eigenvalue weighted by molar-refractivity contribution is 0.214. The number of rotatable bonds is 4. The smallest absolute Gasteiger partial charge is 0.184 e. The maximum Gasteiger partial charge on any atom is 0.184 e. The molecule has 1 aliphatic rings. The van der Waals surface area contributed by atoms with Crippen LogP contribution in [0.25, 0.3) is 0 Å². The first-order valence-corrected chi connectivity index (χ1v) is 8.40. The molecule has 0 radical (unpaired) electrons. The van der Waals surface area contributed by atoms with E-state index in [0.29, 0.717) is 6.10 Å². The van der Waals surface area contributed by atoms with E-state index in [0.717, 1.165) is 12.8 Å². The van der Waals surface area contributed by atoms with Gasteiger partial charge < -0.3 is 4.43 Å². The maximum atomic E-state index is 5.97. The van der Waals surface area contributed by atoms with Crippen LogP contribution in [0.3, 0.4) is 0 Å². The molecule has 0 bridgehead atoms. The number of hydrogen-bond acceptors (Lipinski definition) is 1. The zero-order chi connectivity index (χ0) is 9.90. The van der Waals surface area contributed by atoms with Gasteiger partial charge in [-0.25, -0.2) is 0 Å². The van der Waals surface area contributed by atoms with Gasteiger partial charge in [0.05, 0.1) is 0 Å². The molecule has 0 spiro atoms. The molecule has 0 N–H and O–H groups in total. The second-order valence-electron chi connectivity index (χ2n) is 4.70. The van der Waals surface area contributed by atoms with Crippen molar-refractivity contribution in [2.45, 2.75) is 45.5 Å². The zero-order valence-electron chi connectivity index (χ0n) is 9.13. The van der Waals surface area contributed by atoms with Gasteiger partial charge in [-0.05, 0) is 39.4 Å². The predicted octanol–water partition coefficient (Wildman–Crippen LogP) is 3.50. The van der Waals surface area contributed by atoms with Gasteiger partial charge >= 0.3 is 0 Å². The van der Waals surface area contributed by atoms with Gasteiger partial charge in [-0.2, -0.15) is 0 Å². The van der Waals surface area contributed by atoms with Gasteiger partial charge in [0, 0.05) is 6.10 Å². The molecule has 0 fully saturated rings. The first-order chi connectivity index (χ1) is 5.97. The van der Waals surface area contributed by atoms with Gasteiger partial charge in [0.2, 0.25) is 0 Å². The van der Waals surface area contributed by atoms with Crippen LogP contribution in [0.15, 0.2) is 23.8 Å². The van der Waals surface area contributed by atoms with Crippen molar-refractivity contribution in [3.63, 3.8) is 0 Å². The van der Waals surface area contributed by atoms with Crippen molar-refractivity contribution in [2.24, 2.45) is 0 Å². The SMILES string of the molecule is CC(CC1=CC=CC1)O[Si](C)(C)C. The fraction of sp³-hybridized carbons (Fsp3) is 0.636. The predicted molar refractivity (Wildman–Crippen MR) is 60.4 cm³/mol. The monoisotopic (exact) mass is 196 g/mol. The summed E-state index contributed by atoms with van der Waals surface area (Å²) < 4.78 is 5.97. The van der Waals surface area contributed by atoms with Crippen molar-refractivity contribution < 1.29 is 4.43 Å². The first-order valence-electron chi connectivity index (χ1n) is 5.00. The lowest BCUT2D eigenvalue weighted by Crippen LogP contribution is -2.30. The molecule has 1 rings (SSSR count). The third kappa shape index (κ3) is 4.43. The van der Waals surface area contributed by atoms with Crippen LogP contribution < -0.4 is 0 Å². The molecule has 0 saturated carbocycles. The highest BCUT2D eigenvalue weighted by Crippen LogP contribution is 2.19.